The summed E-state index contributed by atoms with van der Waals surface area (Å²) >= 11 is 0. The van der Waals surface area contributed by atoms with Crippen LogP contribution >= 0.6 is 0 Å². The van der Waals surface area contributed by atoms with Gasteiger partial charge < -0.3 is 14.4 Å². The third-order valence-electron chi connectivity index (χ3n) is 6.23. The van der Waals surface area contributed by atoms with Gasteiger partial charge >= 0.3 is 0 Å². The van der Waals surface area contributed by atoms with Gasteiger partial charge in [0.2, 0.25) is 11.8 Å². The zero-order valence-corrected chi connectivity index (χ0v) is 18.8. The van der Waals surface area contributed by atoms with Crippen LogP contribution in [0.1, 0.15) is 43.1 Å². The minimum absolute atomic E-state index is 0.0508. The van der Waals surface area contributed by atoms with Gasteiger partial charge in [-0.25, -0.2) is 4.98 Å². The summed E-state index contributed by atoms with van der Waals surface area (Å²) in [5, 5.41) is 0. The maximum Gasteiger partial charge on any atom is 0.242 e. The fraction of sp³-hybridized carbons (Fsp3) is 0.400. The van der Waals surface area contributed by atoms with E-state index in [0.717, 1.165) is 28.1 Å². The van der Waals surface area contributed by atoms with Crippen molar-refractivity contribution < 1.29 is 9.59 Å². The molecule has 6 nitrogen and oxygen atoms in total. The Morgan fingerprint density at radius 1 is 1.13 bits per heavy atom. The lowest BCUT2D eigenvalue weighted by atomic mass is 10.1. The van der Waals surface area contributed by atoms with E-state index in [1.54, 1.807) is 0 Å². The number of imidazole rings is 1. The van der Waals surface area contributed by atoms with E-state index in [1.807, 2.05) is 71.5 Å². The maximum atomic E-state index is 13.0. The van der Waals surface area contributed by atoms with Crippen molar-refractivity contribution in [1.82, 2.24) is 14.5 Å². The molecule has 0 aliphatic carbocycles. The van der Waals surface area contributed by atoms with Crippen molar-refractivity contribution in [3.05, 3.63) is 59.4 Å². The molecule has 1 saturated heterocycles. The summed E-state index contributed by atoms with van der Waals surface area (Å²) in [6.07, 6.45) is 0.399. The normalized spacial score (nSPS) is 16.3. The molecule has 1 aliphatic heterocycles. The molecular formula is C25H30N4O2. The summed E-state index contributed by atoms with van der Waals surface area (Å²) in [5.41, 5.74) is 5.04. The first kappa shape index (κ1) is 21.1. The number of benzene rings is 2. The first-order valence-corrected chi connectivity index (χ1v) is 11.0. The second kappa shape index (κ2) is 8.53. The lowest BCUT2D eigenvalue weighted by Gasteiger charge is -2.21. The van der Waals surface area contributed by atoms with Gasteiger partial charge in [-0.15, -0.1) is 0 Å². The van der Waals surface area contributed by atoms with Gasteiger partial charge in [0.1, 0.15) is 12.4 Å². The summed E-state index contributed by atoms with van der Waals surface area (Å²) in [7, 11) is 0. The number of anilines is 1. The number of amides is 2. The van der Waals surface area contributed by atoms with Gasteiger partial charge in [-0.05, 0) is 51.5 Å². The number of likely N-dealkylation sites (N-methyl/N-ethyl adjacent to an activating group) is 1. The van der Waals surface area contributed by atoms with E-state index in [9.17, 15) is 9.59 Å². The van der Waals surface area contributed by atoms with E-state index in [1.165, 1.54) is 5.56 Å². The van der Waals surface area contributed by atoms with Crippen molar-refractivity contribution in [3.8, 4) is 0 Å². The molecular weight excluding hydrogens is 388 g/mol. The van der Waals surface area contributed by atoms with Crippen LogP contribution in [0.3, 0.4) is 0 Å². The van der Waals surface area contributed by atoms with Crippen LogP contribution in [0, 0.1) is 13.8 Å². The molecule has 1 unspecified atom stereocenters. The fourth-order valence-corrected chi connectivity index (χ4v) is 4.61. The number of para-hydroxylation sites is 2. The molecule has 1 fully saturated rings. The molecule has 31 heavy (non-hydrogen) atoms. The Morgan fingerprint density at radius 3 is 2.58 bits per heavy atom. The van der Waals surface area contributed by atoms with Crippen LogP contribution in [0.4, 0.5) is 5.69 Å². The second-order valence-corrected chi connectivity index (χ2v) is 8.31. The smallest absolute Gasteiger partial charge is 0.242 e. The van der Waals surface area contributed by atoms with Crippen molar-refractivity contribution in [2.45, 2.75) is 46.6 Å². The van der Waals surface area contributed by atoms with Gasteiger partial charge in [-0.2, -0.15) is 0 Å². The maximum absolute atomic E-state index is 13.0. The Kier molecular flexibility index (Phi) is 5.81. The molecule has 4 rings (SSSR count). The highest BCUT2D eigenvalue weighted by molar-refractivity contribution is 5.97. The first-order valence-electron chi connectivity index (χ1n) is 11.0. The van der Waals surface area contributed by atoms with E-state index < -0.39 is 0 Å². The van der Waals surface area contributed by atoms with Crippen molar-refractivity contribution in [2.75, 3.05) is 24.5 Å². The molecule has 1 aromatic heterocycles. The van der Waals surface area contributed by atoms with Crippen molar-refractivity contribution in [3.63, 3.8) is 0 Å². The number of hydrogen-bond acceptors (Lipinski definition) is 3. The Hall–Kier alpha value is -3.15. The average molecular weight is 419 g/mol. The van der Waals surface area contributed by atoms with Crippen LogP contribution in [-0.2, 0) is 16.1 Å². The standard InChI is InChI=1S/C25H30N4O2/c1-5-27(6-2)24(31)16-29-22-10-8-7-9-20(22)26-25(29)19-14-23(30)28(15-19)21-12-11-17(3)13-18(21)4/h7-13,19H,5-6,14-16H2,1-4H3. The summed E-state index contributed by atoms with van der Waals surface area (Å²) in [4.78, 5) is 34.4. The van der Waals surface area contributed by atoms with E-state index in [-0.39, 0.29) is 24.3 Å². The molecule has 0 bridgehead atoms. The molecule has 0 spiro atoms. The monoisotopic (exact) mass is 418 g/mol. The number of nitrogens with zero attached hydrogens (tertiary/aromatic N) is 4. The van der Waals surface area contributed by atoms with Crippen molar-refractivity contribution in [2.24, 2.45) is 0 Å². The van der Waals surface area contributed by atoms with Gasteiger partial charge in [0.05, 0.1) is 11.0 Å². The predicted octanol–water partition coefficient (Wildman–Crippen LogP) is 4.04. The number of carbonyl (C=O) groups excluding carboxylic acids is 2. The minimum Gasteiger partial charge on any atom is -0.342 e. The molecule has 6 heteroatoms. The Balaban J connectivity index is 1.69. The molecule has 1 atom stereocenters. The number of fused-ring (bicyclic) bond motifs is 1. The third kappa shape index (κ3) is 3.94. The van der Waals surface area contributed by atoms with Crippen molar-refractivity contribution >= 4 is 28.5 Å². The van der Waals surface area contributed by atoms with Gasteiger partial charge in [0.25, 0.3) is 0 Å². The van der Waals surface area contributed by atoms with Crippen LogP contribution in [0.15, 0.2) is 42.5 Å². The number of aromatic nitrogens is 2. The zero-order chi connectivity index (χ0) is 22.1. The minimum atomic E-state index is -0.0508. The van der Waals surface area contributed by atoms with E-state index in [0.29, 0.717) is 26.1 Å². The first-order chi connectivity index (χ1) is 14.9. The van der Waals surface area contributed by atoms with Gasteiger partial charge in [-0.3, -0.25) is 9.59 Å². The largest absolute Gasteiger partial charge is 0.342 e. The van der Waals surface area contributed by atoms with Crippen LogP contribution in [0.25, 0.3) is 11.0 Å². The van der Waals surface area contributed by atoms with Crippen LogP contribution in [0.5, 0.6) is 0 Å². The van der Waals surface area contributed by atoms with E-state index in [4.69, 9.17) is 4.98 Å². The SMILES string of the molecule is CCN(CC)C(=O)Cn1c(C2CC(=O)N(c3ccc(C)cc3C)C2)nc2ccccc21. The number of hydrogen-bond donors (Lipinski definition) is 0. The number of rotatable bonds is 6. The lowest BCUT2D eigenvalue weighted by molar-refractivity contribution is -0.131. The van der Waals surface area contributed by atoms with Crippen LogP contribution in [0.2, 0.25) is 0 Å². The Bertz CT molecular complexity index is 1130. The molecule has 0 N–H and O–H groups in total. The molecule has 1 aliphatic rings. The second-order valence-electron chi connectivity index (χ2n) is 8.31. The Morgan fingerprint density at radius 2 is 1.87 bits per heavy atom. The molecule has 162 valence electrons. The zero-order valence-electron chi connectivity index (χ0n) is 18.8. The van der Waals surface area contributed by atoms with Gasteiger partial charge in [0.15, 0.2) is 0 Å². The topological polar surface area (TPSA) is 58.4 Å². The van der Waals surface area contributed by atoms with Gasteiger partial charge in [-0.1, -0.05) is 29.8 Å². The molecule has 2 heterocycles. The van der Waals surface area contributed by atoms with E-state index in [2.05, 4.69) is 13.0 Å². The van der Waals surface area contributed by atoms with Crippen LogP contribution in [-0.4, -0.2) is 45.9 Å². The van der Waals surface area contributed by atoms with E-state index >= 15 is 0 Å². The highest BCUT2D eigenvalue weighted by atomic mass is 16.2. The summed E-state index contributed by atoms with van der Waals surface area (Å²) in [5.74, 6) is 0.947. The average Bonchev–Trinajstić information content (AvgIpc) is 3.30. The number of carbonyl (C=O) groups is 2. The molecule has 2 aromatic carbocycles. The van der Waals surface area contributed by atoms with Crippen LogP contribution < -0.4 is 4.90 Å². The highest BCUT2D eigenvalue weighted by Gasteiger charge is 2.35. The number of aryl methyl sites for hydroxylation is 2. The summed E-state index contributed by atoms with van der Waals surface area (Å²) in [6, 6.07) is 14.1. The molecule has 0 radical (unpaired) electrons. The van der Waals surface area contributed by atoms with Gasteiger partial charge in [0, 0.05) is 37.7 Å². The highest BCUT2D eigenvalue weighted by Crippen LogP contribution is 2.34. The third-order valence-corrected chi connectivity index (χ3v) is 6.23. The fourth-order valence-electron chi connectivity index (χ4n) is 4.61. The summed E-state index contributed by atoms with van der Waals surface area (Å²) in [6.45, 7) is 10.3. The molecule has 2 amide bonds. The quantitative estimate of drug-likeness (QED) is 0.607. The molecule has 0 saturated carbocycles. The predicted molar refractivity (Wildman–Crippen MR) is 123 cm³/mol. The summed E-state index contributed by atoms with van der Waals surface area (Å²) < 4.78 is 2.01. The van der Waals surface area contributed by atoms with Crippen molar-refractivity contribution in [1.29, 1.82) is 0 Å². The Labute approximate surface area is 183 Å². The lowest BCUT2D eigenvalue weighted by Crippen LogP contribution is -2.34. The molecule has 3 aromatic rings.